The highest BCUT2D eigenvalue weighted by Crippen LogP contribution is 2.04. The SMILES string of the molecule is CNC(/C=C\N)=C(/N)N1CCNCC1. The van der Waals surface area contributed by atoms with Gasteiger partial charge in [-0.15, -0.1) is 0 Å². The monoisotopic (exact) mass is 197 g/mol. The van der Waals surface area contributed by atoms with Gasteiger partial charge >= 0.3 is 0 Å². The lowest BCUT2D eigenvalue weighted by molar-refractivity contribution is 0.293. The fourth-order valence-electron chi connectivity index (χ4n) is 1.47. The molecule has 0 aromatic heterocycles. The van der Waals surface area contributed by atoms with Crippen LogP contribution in [-0.4, -0.2) is 38.1 Å². The predicted molar refractivity (Wildman–Crippen MR) is 58.0 cm³/mol. The lowest BCUT2D eigenvalue weighted by Crippen LogP contribution is -2.45. The van der Waals surface area contributed by atoms with Gasteiger partial charge < -0.3 is 27.0 Å². The molecule has 0 spiro atoms. The molecule has 0 aromatic rings. The van der Waals surface area contributed by atoms with E-state index in [1.807, 2.05) is 7.05 Å². The van der Waals surface area contributed by atoms with Crippen molar-refractivity contribution in [3.63, 3.8) is 0 Å². The Hall–Kier alpha value is -1.36. The van der Waals surface area contributed by atoms with Crippen molar-refractivity contribution in [1.82, 2.24) is 15.5 Å². The highest BCUT2D eigenvalue weighted by atomic mass is 15.2. The van der Waals surface area contributed by atoms with Crippen LogP contribution in [0.5, 0.6) is 0 Å². The van der Waals surface area contributed by atoms with Gasteiger partial charge in [0, 0.05) is 33.2 Å². The van der Waals surface area contributed by atoms with Crippen molar-refractivity contribution in [2.45, 2.75) is 0 Å². The minimum atomic E-state index is 0.760. The molecule has 14 heavy (non-hydrogen) atoms. The van der Waals surface area contributed by atoms with Crippen LogP contribution in [0.1, 0.15) is 0 Å². The van der Waals surface area contributed by atoms with Gasteiger partial charge in [0.25, 0.3) is 0 Å². The number of nitrogens with two attached hydrogens (primary N) is 2. The molecule has 1 rings (SSSR count). The molecule has 1 fully saturated rings. The van der Waals surface area contributed by atoms with E-state index >= 15 is 0 Å². The van der Waals surface area contributed by atoms with Crippen molar-refractivity contribution in [2.24, 2.45) is 11.5 Å². The molecule has 1 aliphatic rings. The largest absolute Gasteiger partial charge is 0.405 e. The Balaban J connectivity index is 2.71. The molecule has 1 saturated heterocycles. The van der Waals surface area contributed by atoms with Gasteiger partial charge in [0.2, 0.25) is 0 Å². The zero-order chi connectivity index (χ0) is 10.4. The third-order valence-electron chi connectivity index (χ3n) is 2.27. The van der Waals surface area contributed by atoms with E-state index in [4.69, 9.17) is 11.5 Å². The molecule has 5 heteroatoms. The molecule has 1 aliphatic heterocycles. The van der Waals surface area contributed by atoms with Gasteiger partial charge in [-0.25, -0.2) is 0 Å². The number of hydrogen-bond acceptors (Lipinski definition) is 5. The van der Waals surface area contributed by atoms with Crippen molar-refractivity contribution in [3.05, 3.63) is 23.8 Å². The zero-order valence-corrected chi connectivity index (χ0v) is 8.59. The molecule has 0 saturated carbocycles. The first-order chi connectivity index (χ1) is 6.79. The Labute approximate surface area is 84.8 Å². The summed E-state index contributed by atoms with van der Waals surface area (Å²) < 4.78 is 0. The lowest BCUT2D eigenvalue weighted by atomic mass is 10.3. The van der Waals surface area contributed by atoms with Crippen molar-refractivity contribution in [1.29, 1.82) is 0 Å². The Morgan fingerprint density at radius 3 is 2.57 bits per heavy atom. The van der Waals surface area contributed by atoms with E-state index < -0.39 is 0 Å². The maximum atomic E-state index is 6.00. The van der Waals surface area contributed by atoms with Crippen LogP contribution >= 0.6 is 0 Å². The average Bonchev–Trinajstić information content (AvgIpc) is 2.26. The topological polar surface area (TPSA) is 79.3 Å². The normalized spacial score (nSPS) is 19.6. The number of rotatable bonds is 3. The molecule has 5 nitrogen and oxygen atoms in total. The number of nitrogens with one attached hydrogen (secondary N) is 2. The van der Waals surface area contributed by atoms with Crippen molar-refractivity contribution < 1.29 is 0 Å². The number of nitrogens with zero attached hydrogens (tertiary/aromatic N) is 1. The van der Waals surface area contributed by atoms with Gasteiger partial charge in [-0.2, -0.15) is 0 Å². The van der Waals surface area contributed by atoms with E-state index in [1.165, 1.54) is 6.20 Å². The smallest absolute Gasteiger partial charge is 0.123 e. The molecule has 0 aromatic carbocycles. The Kier molecular flexibility index (Phi) is 4.12. The molecule has 0 radical (unpaired) electrons. The third-order valence-corrected chi connectivity index (χ3v) is 2.27. The highest BCUT2D eigenvalue weighted by Gasteiger charge is 2.12. The van der Waals surface area contributed by atoms with E-state index in [0.717, 1.165) is 37.7 Å². The van der Waals surface area contributed by atoms with E-state index in [1.54, 1.807) is 6.08 Å². The van der Waals surface area contributed by atoms with Gasteiger partial charge in [0.1, 0.15) is 5.82 Å². The van der Waals surface area contributed by atoms with Gasteiger partial charge in [-0.3, -0.25) is 0 Å². The van der Waals surface area contributed by atoms with Crippen molar-refractivity contribution in [3.8, 4) is 0 Å². The van der Waals surface area contributed by atoms with Crippen LogP contribution in [0.25, 0.3) is 0 Å². The summed E-state index contributed by atoms with van der Waals surface area (Å²) in [5, 5.41) is 6.30. The number of allylic oxidation sites excluding steroid dienone is 1. The molecule has 6 N–H and O–H groups in total. The molecule has 80 valence electrons. The van der Waals surface area contributed by atoms with E-state index in [0.29, 0.717) is 0 Å². The summed E-state index contributed by atoms with van der Waals surface area (Å²) >= 11 is 0. The van der Waals surface area contributed by atoms with Gasteiger partial charge in [-0.05, 0) is 12.3 Å². The summed E-state index contributed by atoms with van der Waals surface area (Å²) in [7, 11) is 1.84. The zero-order valence-electron chi connectivity index (χ0n) is 8.59. The molecule has 0 unspecified atom stereocenters. The molecular weight excluding hydrogens is 178 g/mol. The van der Waals surface area contributed by atoms with Crippen LogP contribution in [0.15, 0.2) is 23.8 Å². The molecule has 0 bridgehead atoms. The standard InChI is InChI=1S/C9H19N5/c1-12-8(2-3-10)9(11)14-6-4-13-5-7-14/h2-3,12-13H,4-7,10-11H2,1H3/b3-2-,9-8-. The van der Waals surface area contributed by atoms with Gasteiger partial charge in [0.05, 0.1) is 5.70 Å². The van der Waals surface area contributed by atoms with E-state index in [9.17, 15) is 0 Å². The predicted octanol–water partition coefficient (Wildman–Crippen LogP) is -1.29. The Morgan fingerprint density at radius 1 is 1.43 bits per heavy atom. The summed E-state index contributed by atoms with van der Waals surface area (Å²) in [6.07, 6.45) is 3.26. The summed E-state index contributed by atoms with van der Waals surface area (Å²) in [4.78, 5) is 2.14. The molecule has 0 amide bonds. The second-order valence-electron chi connectivity index (χ2n) is 3.15. The number of likely N-dealkylation sites (N-methyl/N-ethyl adjacent to an activating group) is 1. The molecule has 0 atom stereocenters. The molecule has 0 aliphatic carbocycles. The average molecular weight is 197 g/mol. The maximum absolute atomic E-state index is 6.00. The first-order valence-corrected chi connectivity index (χ1v) is 4.81. The third kappa shape index (κ3) is 2.56. The Morgan fingerprint density at radius 2 is 2.07 bits per heavy atom. The maximum Gasteiger partial charge on any atom is 0.123 e. The highest BCUT2D eigenvalue weighted by molar-refractivity contribution is 5.21. The number of hydrogen-bond donors (Lipinski definition) is 4. The summed E-state index contributed by atoms with van der Waals surface area (Å²) in [6.45, 7) is 3.83. The first kappa shape index (κ1) is 10.7. The second kappa shape index (κ2) is 5.39. The summed E-state index contributed by atoms with van der Waals surface area (Å²) in [5.41, 5.74) is 12.2. The molecular formula is C9H19N5. The van der Waals surface area contributed by atoms with Crippen LogP contribution in [0.4, 0.5) is 0 Å². The number of piperazine rings is 1. The Bertz CT molecular complexity index is 227. The summed E-state index contributed by atoms with van der Waals surface area (Å²) in [5.74, 6) is 0.760. The lowest BCUT2D eigenvalue weighted by Gasteiger charge is -2.30. The fourth-order valence-corrected chi connectivity index (χ4v) is 1.47. The van der Waals surface area contributed by atoms with Gasteiger partial charge in [-0.1, -0.05) is 0 Å². The van der Waals surface area contributed by atoms with Crippen molar-refractivity contribution in [2.75, 3.05) is 33.2 Å². The molecule has 1 heterocycles. The van der Waals surface area contributed by atoms with Gasteiger partial charge in [0.15, 0.2) is 0 Å². The van der Waals surface area contributed by atoms with Crippen molar-refractivity contribution >= 4 is 0 Å². The summed E-state index contributed by atoms with van der Waals surface area (Å²) in [6, 6.07) is 0. The van der Waals surface area contributed by atoms with Crippen LogP contribution < -0.4 is 22.1 Å². The first-order valence-electron chi connectivity index (χ1n) is 4.81. The van der Waals surface area contributed by atoms with Crippen LogP contribution in [-0.2, 0) is 0 Å². The van der Waals surface area contributed by atoms with Crippen LogP contribution in [0.3, 0.4) is 0 Å². The van der Waals surface area contributed by atoms with Crippen LogP contribution in [0.2, 0.25) is 0 Å². The fraction of sp³-hybridized carbons (Fsp3) is 0.556. The second-order valence-corrected chi connectivity index (χ2v) is 3.15. The van der Waals surface area contributed by atoms with Crippen LogP contribution in [0, 0.1) is 0 Å². The minimum Gasteiger partial charge on any atom is -0.405 e. The van der Waals surface area contributed by atoms with E-state index in [2.05, 4.69) is 15.5 Å². The quantitative estimate of drug-likeness (QED) is 0.423. The van der Waals surface area contributed by atoms with E-state index in [-0.39, 0.29) is 0 Å². The minimum absolute atomic E-state index is 0.760.